The molecule has 0 bridgehead atoms. The van der Waals surface area contributed by atoms with E-state index in [2.05, 4.69) is 20.1 Å². The molecule has 2 fully saturated rings. The van der Waals surface area contributed by atoms with E-state index >= 15 is 0 Å². The Labute approximate surface area is 156 Å². The van der Waals surface area contributed by atoms with Crippen molar-refractivity contribution in [3.8, 4) is 0 Å². The van der Waals surface area contributed by atoms with E-state index < -0.39 is 0 Å². The Morgan fingerprint density at radius 2 is 2.04 bits per heavy atom. The van der Waals surface area contributed by atoms with E-state index in [4.69, 9.17) is 0 Å². The highest BCUT2D eigenvalue weighted by atomic mass is 32.2. The second-order valence-corrected chi connectivity index (χ2v) is 8.47. The van der Waals surface area contributed by atoms with Gasteiger partial charge in [-0.15, -0.1) is 22.0 Å². The minimum Gasteiger partial charge on any atom is -0.325 e. The van der Waals surface area contributed by atoms with Gasteiger partial charge in [-0.1, -0.05) is 23.9 Å². The molecule has 4 rings (SSSR count). The van der Waals surface area contributed by atoms with Crippen LogP contribution in [0.5, 0.6) is 0 Å². The molecule has 2 aliphatic rings. The van der Waals surface area contributed by atoms with E-state index in [1.807, 2.05) is 30.5 Å². The third-order valence-corrected chi connectivity index (χ3v) is 6.23. The summed E-state index contributed by atoms with van der Waals surface area (Å²) in [5, 5.41) is 12.8. The van der Waals surface area contributed by atoms with Crippen LogP contribution in [0, 0.1) is 0 Å². The summed E-state index contributed by atoms with van der Waals surface area (Å²) in [5.41, 5.74) is 0.891. The number of hydrogen-bond acceptors (Lipinski definition) is 5. The Morgan fingerprint density at radius 1 is 1.24 bits per heavy atom. The van der Waals surface area contributed by atoms with Crippen LogP contribution in [0.3, 0.4) is 0 Å². The number of nitrogens with one attached hydrogen (secondary N) is 1. The zero-order chi connectivity index (χ0) is 17.2. The van der Waals surface area contributed by atoms with Crippen molar-refractivity contribution in [2.75, 3.05) is 17.3 Å². The standard InChI is InChI=1S/C18H22N4OS2/c1-24-15-5-3-2-4-14(15)19-16(23)10-11-25-18-21-20-17(12-6-7-12)22(18)13-8-9-13/h2-5,12-13H,6-11H2,1H3,(H,19,23). The Hall–Kier alpha value is -1.47. The summed E-state index contributed by atoms with van der Waals surface area (Å²) in [6.07, 6.45) is 7.45. The fraction of sp³-hybridized carbons (Fsp3) is 0.500. The highest BCUT2D eigenvalue weighted by Crippen LogP contribution is 2.46. The lowest BCUT2D eigenvalue weighted by Gasteiger charge is -2.10. The van der Waals surface area contributed by atoms with E-state index in [0.717, 1.165) is 21.5 Å². The molecule has 1 aromatic heterocycles. The number of rotatable bonds is 8. The van der Waals surface area contributed by atoms with Crippen molar-refractivity contribution >= 4 is 35.1 Å². The van der Waals surface area contributed by atoms with Crippen LogP contribution < -0.4 is 5.32 Å². The van der Waals surface area contributed by atoms with Crippen LogP contribution in [0.25, 0.3) is 0 Å². The predicted molar refractivity (Wildman–Crippen MR) is 102 cm³/mol. The molecule has 0 unspecified atom stereocenters. The smallest absolute Gasteiger partial charge is 0.225 e. The number of carbonyl (C=O) groups excluding carboxylic acids is 1. The fourth-order valence-corrected chi connectivity index (χ4v) is 4.38. The number of nitrogens with zero attached hydrogens (tertiary/aromatic N) is 3. The third-order valence-electron chi connectivity index (χ3n) is 4.49. The molecule has 7 heteroatoms. The molecule has 1 aromatic carbocycles. The second-order valence-electron chi connectivity index (χ2n) is 6.56. The number of anilines is 1. The topological polar surface area (TPSA) is 59.8 Å². The monoisotopic (exact) mass is 374 g/mol. The Kier molecular flexibility index (Phi) is 5.03. The molecule has 1 amide bonds. The maximum absolute atomic E-state index is 12.2. The van der Waals surface area contributed by atoms with Crippen LogP contribution in [-0.4, -0.2) is 32.7 Å². The lowest BCUT2D eigenvalue weighted by molar-refractivity contribution is -0.115. The second kappa shape index (κ2) is 7.41. The molecule has 0 radical (unpaired) electrons. The summed E-state index contributed by atoms with van der Waals surface area (Å²) < 4.78 is 2.34. The van der Waals surface area contributed by atoms with E-state index in [9.17, 15) is 4.79 Å². The van der Waals surface area contributed by atoms with Gasteiger partial charge in [-0.05, 0) is 44.1 Å². The molecule has 1 N–H and O–H groups in total. The first-order chi connectivity index (χ1) is 12.3. The lowest BCUT2D eigenvalue weighted by Crippen LogP contribution is -2.13. The van der Waals surface area contributed by atoms with Gasteiger partial charge in [0.05, 0.1) is 5.69 Å². The highest BCUT2D eigenvalue weighted by Gasteiger charge is 2.36. The summed E-state index contributed by atoms with van der Waals surface area (Å²) in [6, 6.07) is 8.49. The normalized spacial score (nSPS) is 16.8. The van der Waals surface area contributed by atoms with Crippen LogP contribution >= 0.6 is 23.5 Å². The minimum absolute atomic E-state index is 0.0499. The van der Waals surface area contributed by atoms with Gasteiger partial charge in [0, 0.05) is 29.0 Å². The number of amides is 1. The molecular formula is C18H22N4OS2. The molecule has 5 nitrogen and oxygen atoms in total. The van der Waals surface area contributed by atoms with Crippen molar-refractivity contribution in [1.82, 2.24) is 14.8 Å². The first-order valence-corrected chi connectivity index (χ1v) is 11.0. The average molecular weight is 375 g/mol. The number of para-hydroxylation sites is 1. The van der Waals surface area contributed by atoms with Gasteiger partial charge in [0.2, 0.25) is 5.91 Å². The fourth-order valence-electron chi connectivity index (χ4n) is 2.88. The first-order valence-electron chi connectivity index (χ1n) is 8.76. The maximum atomic E-state index is 12.2. The van der Waals surface area contributed by atoms with Gasteiger partial charge in [0.25, 0.3) is 0 Å². The van der Waals surface area contributed by atoms with Crippen LogP contribution in [0.4, 0.5) is 5.69 Å². The van der Waals surface area contributed by atoms with E-state index in [-0.39, 0.29) is 5.91 Å². The third kappa shape index (κ3) is 4.03. The molecule has 25 heavy (non-hydrogen) atoms. The Bertz CT molecular complexity index is 768. The van der Waals surface area contributed by atoms with Crippen LogP contribution in [0.2, 0.25) is 0 Å². The average Bonchev–Trinajstić information content (AvgIpc) is 3.54. The van der Waals surface area contributed by atoms with Gasteiger partial charge in [0.1, 0.15) is 5.82 Å². The molecule has 1 heterocycles. The zero-order valence-corrected chi connectivity index (χ0v) is 15.9. The molecule has 2 aromatic rings. The van der Waals surface area contributed by atoms with Crippen molar-refractivity contribution in [3.63, 3.8) is 0 Å². The summed E-state index contributed by atoms with van der Waals surface area (Å²) in [6.45, 7) is 0. The van der Waals surface area contributed by atoms with Crippen molar-refractivity contribution in [1.29, 1.82) is 0 Å². The van der Waals surface area contributed by atoms with E-state index in [1.165, 1.54) is 31.5 Å². The van der Waals surface area contributed by atoms with Gasteiger partial charge in [-0.25, -0.2) is 0 Å². The van der Waals surface area contributed by atoms with Gasteiger partial charge in [-0.2, -0.15) is 0 Å². The number of hydrogen-bond donors (Lipinski definition) is 1. The maximum Gasteiger partial charge on any atom is 0.225 e. The summed E-state index contributed by atoms with van der Waals surface area (Å²) in [5.74, 6) is 2.56. The molecular weight excluding hydrogens is 352 g/mol. The number of carbonyl (C=O) groups is 1. The number of thioether (sulfide) groups is 2. The lowest BCUT2D eigenvalue weighted by atomic mass is 10.3. The van der Waals surface area contributed by atoms with Crippen molar-refractivity contribution in [3.05, 3.63) is 30.1 Å². The SMILES string of the molecule is CSc1ccccc1NC(=O)CCSc1nnc(C2CC2)n1C1CC1. The molecule has 2 aliphatic carbocycles. The van der Waals surface area contributed by atoms with Crippen molar-refractivity contribution in [2.45, 2.75) is 54.1 Å². The summed E-state index contributed by atoms with van der Waals surface area (Å²) in [4.78, 5) is 13.3. The first kappa shape index (κ1) is 17.0. The van der Waals surface area contributed by atoms with Gasteiger partial charge < -0.3 is 9.88 Å². The minimum atomic E-state index is 0.0499. The van der Waals surface area contributed by atoms with Gasteiger partial charge in [0.15, 0.2) is 5.16 Å². The van der Waals surface area contributed by atoms with Crippen LogP contribution in [0.1, 0.15) is 49.9 Å². The highest BCUT2D eigenvalue weighted by molar-refractivity contribution is 7.99. The molecule has 0 saturated heterocycles. The summed E-state index contributed by atoms with van der Waals surface area (Å²) >= 11 is 3.29. The number of aromatic nitrogens is 3. The van der Waals surface area contributed by atoms with Gasteiger partial charge >= 0.3 is 0 Å². The van der Waals surface area contributed by atoms with Gasteiger partial charge in [-0.3, -0.25) is 4.79 Å². The predicted octanol–water partition coefficient (Wildman–Crippen LogP) is 4.33. The molecule has 132 valence electrons. The van der Waals surface area contributed by atoms with Crippen LogP contribution in [-0.2, 0) is 4.79 Å². The zero-order valence-electron chi connectivity index (χ0n) is 14.3. The Morgan fingerprint density at radius 3 is 2.76 bits per heavy atom. The molecule has 0 aliphatic heterocycles. The summed E-state index contributed by atoms with van der Waals surface area (Å²) in [7, 11) is 0. The molecule has 0 spiro atoms. The van der Waals surface area contributed by atoms with Crippen molar-refractivity contribution < 1.29 is 4.79 Å². The van der Waals surface area contributed by atoms with E-state index in [1.54, 1.807) is 23.5 Å². The largest absolute Gasteiger partial charge is 0.325 e. The molecule has 2 saturated carbocycles. The Balaban J connectivity index is 1.33. The van der Waals surface area contributed by atoms with E-state index in [0.29, 0.717) is 18.4 Å². The van der Waals surface area contributed by atoms with Crippen LogP contribution in [0.15, 0.2) is 34.3 Å². The van der Waals surface area contributed by atoms with Crippen molar-refractivity contribution in [2.24, 2.45) is 0 Å². The quantitative estimate of drug-likeness (QED) is 0.697. The number of benzene rings is 1. The molecule has 0 atom stereocenters.